The van der Waals surface area contributed by atoms with E-state index in [1.807, 2.05) is 36.4 Å². The molecule has 6 N–H and O–H groups in total. The van der Waals surface area contributed by atoms with Crippen molar-refractivity contribution in [3.05, 3.63) is 114 Å². The van der Waals surface area contributed by atoms with Crippen molar-refractivity contribution < 1.29 is 33.0 Å². The van der Waals surface area contributed by atoms with Gasteiger partial charge < -0.3 is 26.6 Å². The van der Waals surface area contributed by atoms with Gasteiger partial charge in [0.15, 0.2) is 0 Å². The first-order chi connectivity index (χ1) is 21.5. The van der Waals surface area contributed by atoms with E-state index in [0.717, 1.165) is 11.6 Å². The van der Waals surface area contributed by atoms with Crippen LogP contribution in [0.5, 0.6) is 0 Å². The van der Waals surface area contributed by atoms with Gasteiger partial charge in [-0.2, -0.15) is 0 Å². The molecule has 0 radical (unpaired) electrons. The van der Waals surface area contributed by atoms with Gasteiger partial charge in [0.05, 0.1) is 0 Å². The maximum absolute atomic E-state index is 13.6. The summed E-state index contributed by atoms with van der Waals surface area (Å²) in [7, 11) is -4.29. The molecule has 0 heterocycles. The summed E-state index contributed by atoms with van der Waals surface area (Å²) in [4.78, 5) is 60.4. The number of unbranched alkanes of at least 4 members (excludes halogenated alkanes) is 1. The second-order valence-electron chi connectivity index (χ2n) is 10.5. The third kappa shape index (κ3) is 12.5. The number of nitrogens with two attached hydrogens (primary N) is 1. The fourth-order valence-corrected chi connectivity index (χ4v) is 5.98. The van der Waals surface area contributed by atoms with Crippen LogP contribution in [0.2, 0.25) is 0 Å². The zero-order valence-corrected chi connectivity index (χ0v) is 25.6. The van der Waals surface area contributed by atoms with Crippen LogP contribution in [0.1, 0.15) is 47.2 Å². The highest BCUT2D eigenvalue weighted by Gasteiger charge is 2.35. The minimum absolute atomic E-state index is 0.0210. The Morgan fingerprint density at radius 2 is 1.58 bits per heavy atom. The third-order valence-corrected chi connectivity index (χ3v) is 8.85. The molecular weight excluding hydrogens is 598 g/mol. The predicted molar refractivity (Wildman–Crippen MR) is 171 cm³/mol. The topological polar surface area (TPSA) is 168 Å². The van der Waals surface area contributed by atoms with Crippen LogP contribution in [0, 0.1) is 5.82 Å². The molecule has 10 nitrogen and oxygen atoms in total. The molecule has 0 aliphatic heterocycles. The van der Waals surface area contributed by atoms with Crippen LogP contribution >= 0.6 is 7.37 Å². The molecule has 12 heteroatoms. The van der Waals surface area contributed by atoms with Crippen molar-refractivity contribution in [2.75, 3.05) is 12.7 Å². The molecule has 4 amide bonds. The first-order valence-electron chi connectivity index (χ1n) is 14.5. The fourth-order valence-electron chi connectivity index (χ4n) is 4.42. The molecule has 3 rings (SSSR count). The lowest BCUT2D eigenvalue weighted by atomic mass is 10.1. The van der Waals surface area contributed by atoms with Crippen molar-refractivity contribution in [2.24, 2.45) is 5.73 Å². The summed E-state index contributed by atoms with van der Waals surface area (Å²) < 4.78 is 27.0. The predicted octanol–water partition coefficient (Wildman–Crippen LogP) is 3.75. The van der Waals surface area contributed by atoms with Crippen LogP contribution in [-0.4, -0.2) is 53.1 Å². The monoisotopic (exact) mass is 636 g/mol. The Labute approximate surface area is 261 Å². The third-order valence-electron chi connectivity index (χ3n) is 6.83. The van der Waals surface area contributed by atoms with E-state index in [1.54, 1.807) is 36.4 Å². The van der Waals surface area contributed by atoms with Crippen molar-refractivity contribution in [2.45, 2.75) is 43.9 Å². The summed E-state index contributed by atoms with van der Waals surface area (Å²) in [6, 6.07) is 22.3. The van der Waals surface area contributed by atoms with Gasteiger partial charge in [0, 0.05) is 24.9 Å². The standard InChI is InChI=1S/C33H38FN4O6P/c34-27-17-10-16-26(22-27)33(42)38-31(21-25-13-5-2-6-14-25)45(43,44)23-30(40)36-20-8-7-19-29(39)37-28(32(35)41)18-9-15-24-11-3-1-4-12-24/h1-6,9-17,22,28,31H,7-8,18-21,23H2,(H2,35,41)(H,36,40)(H,37,39)(H,38,42)(H,43,44)/t28-,31?/m0/s1. The van der Waals surface area contributed by atoms with Crippen LogP contribution in [0.3, 0.4) is 0 Å². The van der Waals surface area contributed by atoms with Crippen molar-refractivity contribution in [3.8, 4) is 0 Å². The molecule has 238 valence electrons. The number of carbonyl (C=O) groups is 4. The minimum Gasteiger partial charge on any atom is -0.368 e. The molecule has 0 aromatic heterocycles. The van der Waals surface area contributed by atoms with E-state index in [-0.39, 0.29) is 37.3 Å². The second-order valence-corrected chi connectivity index (χ2v) is 12.9. The highest BCUT2D eigenvalue weighted by atomic mass is 31.2. The van der Waals surface area contributed by atoms with Crippen LogP contribution in [0.15, 0.2) is 91.0 Å². The number of nitrogens with one attached hydrogen (secondary N) is 3. The van der Waals surface area contributed by atoms with Gasteiger partial charge in [0.1, 0.15) is 23.8 Å². The molecule has 0 fully saturated rings. The zero-order chi connectivity index (χ0) is 32.7. The van der Waals surface area contributed by atoms with Crippen molar-refractivity contribution in [1.82, 2.24) is 16.0 Å². The molecule has 2 unspecified atom stereocenters. The van der Waals surface area contributed by atoms with Gasteiger partial charge in [-0.05, 0) is 48.6 Å². The van der Waals surface area contributed by atoms with Crippen LogP contribution in [-0.2, 0) is 25.4 Å². The van der Waals surface area contributed by atoms with Gasteiger partial charge in [0.25, 0.3) is 5.91 Å². The van der Waals surface area contributed by atoms with E-state index < -0.39 is 48.9 Å². The molecule has 45 heavy (non-hydrogen) atoms. The normalized spacial score (nSPS) is 13.7. The number of hydrogen-bond donors (Lipinski definition) is 5. The largest absolute Gasteiger partial charge is 0.368 e. The molecule has 0 spiro atoms. The van der Waals surface area contributed by atoms with Gasteiger partial charge >= 0.3 is 0 Å². The molecule has 3 aromatic rings. The van der Waals surface area contributed by atoms with Gasteiger partial charge in [-0.1, -0.05) is 78.9 Å². The van der Waals surface area contributed by atoms with Gasteiger partial charge in [-0.15, -0.1) is 0 Å². The van der Waals surface area contributed by atoms with Gasteiger partial charge in [-0.3, -0.25) is 23.7 Å². The summed E-state index contributed by atoms with van der Waals surface area (Å²) >= 11 is 0. The van der Waals surface area contributed by atoms with Crippen LogP contribution in [0.25, 0.3) is 6.08 Å². The van der Waals surface area contributed by atoms with Crippen molar-refractivity contribution in [1.29, 1.82) is 0 Å². The Hall–Kier alpha value is -4.60. The summed E-state index contributed by atoms with van der Waals surface area (Å²) in [6.45, 7) is 0.143. The Kier molecular flexibility index (Phi) is 13.7. The molecule has 3 atom stereocenters. The molecule has 0 aliphatic carbocycles. The summed E-state index contributed by atoms with van der Waals surface area (Å²) in [5.74, 6) is -4.38. The first-order valence-corrected chi connectivity index (χ1v) is 16.4. The number of primary amides is 1. The van der Waals surface area contributed by atoms with Crippen LogP contribution < -0.4 is 21.7 Å². The number of benzene rings is 3. The van der Waals surface area contributed by atoms with E-state index in [0.29, 0.717) is 18.4 Å². The zero-order valence-electron chi connectivity index (χ0n) is 24.7. The van der Waals surface area contributed by atoms with Gasteiger partial charge in [-0.25, -0.2) is 4.39 Å². The van der Waals surface area contributed by atoms with E-state index >= 15 is 0 Å². The average molecular weight is 637 g/mol. The Balaban J connectivity index is 1.46. The maximum Gasteiger partial charge on any atom is 0.252 e. The number of hydrogen-bond acceptors (Lipinski definition) is 5. The SMILES string of the molecule is NC(=O)[C@H](CC=Cc1ccccc1)NC(=O)CCCCNC(=O)CP(=O)(O)C(Cc1ccccc1)NC(=O)c1cccc(F)c1. The lowest BCUT2D eigenvalue weighted by Crippen LogP contribution is -2.44. The maximum atomic E-state index is 13.6. The highest BCUT2D eigenvalue weighted by molar-refractivity contribution is 7.59. The van der Waals surface area contributed by atoms with Crippen molar-refractivity contribution >= 4 is 37.1 Å². The Bertz CT molecular complexity index is 1520. The Morgan fingerprint density at radius 1 is 0.889 bits per heavy atom. The fraction of sp³-hybridized carbons (Fsp3) is 0.273. The summed E-state index contributed by atoms with van der Waals surface area (Å²) in [5, 5.41) is 7.70. The van der Waals surface area contributed by atoms with Crippen LogP contribution in [0.4, 0.5) is 4.39 Å². The molecule has 0 aliphatic rings. The average Bonchev–Trinajstić information content (AvgIpc) is 3.00. The Morgan fingerprint density at radius 3 is 2.24 bits per heavy atom. The molecular formula is C33H38FN4O6P. The lowest BCUT2D eigenvalue weighted by molar-refractivity contribution is -0.127. The minimum atomic E-state index is -4.29. The molecule has 0 saturated carbocycles. The van der Waals surface area contributed by atoms with Gasteiger partial charge in [0.2, 0.25) is 25.1 Å². The number of carbonyl (C=O) groups excluding carboxylic acids is 4. The first kappa shape index (κ1) is 34.9. The van der Waals surface area contributed by atoms with E-state index in [2.05, 4.69) is 16.0 Å². The molecule has 3 aromatic carbocycles. The number of halogens is 1. The molecule has 0 bridgehead atoms. The lowest BCUT2D eigenvalue weighted by Gasteiger charge is -2.24. The second kappa shape index (κ2) is 17.6. The summed E-state index contributed by atoms with van der Waals surface area (Å²) in [6.07, 6.45) is 3.93. The van der Waals surface area contributed by atoms with Crippen molar-refractivity contribution in [3.63, 3.8) is 0 Å². The van der Waals surface area contributed by atoms with E-state index in [4.69, 9.17) is 5.73 Å². The quantitative estimate of drug-likeness (QED) is 0.112. The number of amides is 4. The summed E-state index contributed by atoms with van der Waals surface area (Å²) in [5.41, 5.74) is 7.03. The smallest absolute Gasteiger partial charge is 0.252 e. The highest BCUT2D eigenvalue weighted by Crippen LogP contribution is 2.46. The number of rotatable bonds is 17. The van der Waals surface area contributed by atoms with E-state index in [1.165, 1.54) is 18.2 Å². The van der Waals surface area contributed by atoms with E-state index in [9.17, 15) is 33.0 Å². The molecule has 0 saturated heterocycles.